The molecule has 4 rings (SSSR count). The fraction of sp³-hybridized carbons (Fsp3) is 0.348. The Morgan fingerprint density at radius 1 is 1.16 bits per heavy atom. The molecule has 8 heteroatoms. The summed E-state index contributed by atoms with van der Waals surface area (Å²) in [6.45, 7) is 4.63. The summed E-state index contributed by atoms with van der Waals surface area (Å²) in [6.07, 6.45) is 4.78. The van der Waals surface area contributed by atoms with Crippen LogP contribution in [0.1, 0.15) is 17.5 Å². The number of benzene rings is 2. The Balaban J connectivity index is 1.42. The molecule has 2 N–H and O–H groups in total. The number of anilines is 2. The summed E-state index contributed by atoms with van der Waals surface area (Å²) in [6, 6.07) is 14.7. The van der Waals surface area contributed by atoms with Crippen molar-refractivity contribution in [2.24, 2.45) is 0 Å². The summed E-state index contributed by atoms with van der Waals surface area (Å²) in [5, 5.41) is 6.02. The lowest BCUT2D eigenvalue weighted by Gasteiger charge is -2.20. The molecule has 1 fully saturated rings. The van der Waals surface area contributed by atoms with Crippen molar-refractivity contribution in [3.05, 3.63) is 66.0 Å². The minimum Gasteiger partial charge on any atom is -0.380 e. The molecule has 7 nitrogen and oxygen atoms in total. The summed E-state index contributed by atoms with van der Waals surface area (Å²) in [7, 11) is -0.485. The number of rotatable bonds is 7. The van der Waals surface area contributed by atoms with Crippen molar-refractivity contribution in [1.29, 1.82) is 0 Å². The molecule has 31 heavy (non-hydrogen) atoms. The van der Waals surface area contributed by atoms with E-state index >= 15 is 0 Å². The Morgan fingerprint density at radius 2 is 2.00 bits per heavy atom. The van der Waals surface area contributed by atoms with Crippen LogP contribution in [-0.2, 0) is 16.8 Å². The van der Waals surface area contributed by atoms with Gasteiger partial charge in [0.2, 0.25) is 0 Å². The quantitative estimate of drug-likeness (QED) is 0.590. The number of hydrogen-bond donors (Lipinski definition) is 2. The average Bonchev–Trinajstić information content (AvgIpc) is 3.17. The standard InChI is InChI=1S/C23H29N5O2S/c1-17-7-8-18(13-23(17)26-31(29,30)27(2)3)15-28-12-10-20(16-28)25-22-6-4-5-19-14-24-11-9-21(19)22/h4-9,11,13-14,20,25-26H,10,12,15-16H2,1-3H3. The lowest BCUT2D eigenvalue weighted by molar-refractivity contribution is 0.329. The highest BCUT2D eigenvalue weighted by Gasteiger charge is 2.23. The van der Waals surface area contributed by atoms with Gasteiger partial charge in [-0.3, -0.25) is 14.6 Å². The van der Waals surface area contributed by atoms with E-state index < -0.39 is 10.2 Å². The highest BCUT2D eigenvalue weighted by Crippen LogP contribution is 2.26. The zero-order chi connectivity index (χ0) is 22.0. The minimum atomic E-state index is -3.52. The van der Waals surface area contributed by atoms with E-state index in [0.29, 0.717) is 11.7 Å². The van der Waals surface area contributed by atoms with Crippen LogP contribution in [0, 0.1) is 6.92 Å². The third-order valence-electron chi connectivity index (χ3n) is 5.74. The van der Waals surface area contributed by atoms with Gasteiger partial charge in [0.05, 0.1) is 5.69 Å². The Morgan fingerprint density at radius 3 is 2.81 bits per heavy atom. The monoisotopic (exact) mass is 439 g/mol. The van der Waals surface area contributed by atoms with Gasteiger partial charge in [0.15, 0.2) is 0 Å². The van der Waals surface area contributed by atoms with Gasteiger partial charge in [-0.2, -0.15) is 12.7 Å². The molecule has 2 heterocycles. The SMILES string of the molecule is Cc1ccc(CN2CCC(Nc3cccc4cnccc34)C2)cc1NS(=O)(=O)N(C)C. The van der Waals surface area contributed by atoms with Gasteiger partial charge in [0, 0.05) is 68.6 Å². The third kappa shape index (κ3) is 4.98. The molecule has 0 spiro atoms. The van der Waals surface area contributed by atoms with Crippen molar-refractivity contribution in [1.82, 2.24) is 14.2 Å². The van der Waals surface area contributed by atoms with Gasteiger partial charge in [0.25, 0.3) is 0 Å². The molecule has 2 aromatic carbocycles. The molecule has 164 valence electrons. The smallest absolute Gasteiger partial charge is 0.301 e. The zero-order valence-corrected chi connectivity index (χ0v) is 19.0. The average molecular weight is 440 g/mol. The first-order valence-electron chi connectivity index (χ1n) is 10.4. The Bertz CT molecular complexity index is 1170. The van der Waals surface area contributed by atoms with Crippen LogP contribution in [0.4, 0.5) is 11.4 Å². The number of fused-ring (bicyclic) bond motifs is 1. The van der Waals surface area contributed by atoms with Gasteiger partial charge in [0.1, 0.15) is 0 Å². The molecule has 1 aromatic heterocycles. The van der Waals surface area contributed by atoms with E-state index in [1.165, 1.54) is 23.8 Å². The first-order chi connectivity index (χ1) is 14.8. The number of aromatic nitrogens is 1. The summed E-state index contributed by atoms with van der Waals surface area (Å²) >= 11 is 0. The van der Waals surface area contributed by atoms with Crippen molar-refractivity contribution < 1.29 is 8.42 Å². The molecule has 0 saturated carbocycles. The van der Waals surface area contributed by atoms with Crippen molar-refractivity contribution >= 4 is 32.4 Å². The summed E-state index contributed by atoms with van der Waals surface area (Å²) < 4.78 is 28.3. The summed E-state index contributed by atoms with van der Waals surface area (Å²) in [5.74, 6) is 0. The molecule has 0 radical (unpaired) electrons. The fourth-order valence-electron chi connectivity index (χ4n) is 3.93. The lowest BCUT2D eigenvalue weighted by Crippen LogP contribution is -2.29. The first kappa shape index (κ1) is 21.5. The largest absolute Gasteiger partial charge is 0.380 e. The highest BCUT2D eigenvalue weighted by atomic mass is 32.2. The zero-order valence-electron chi connectivity index (χ0n) is 18.2. The molecule has 1 saturated heterocycles. The summed E-state index contributed by atoms with van der Waals surface area (Å²) in [5.41, 5.74) is 3.77. The van der Waals surface area contributed by atoms with E-state index in [4.69, 9.17) is 0 Å². The second kappa shape index (κ2) is 8.82. The fourth-order valence-corrected chi connectivity index (χ4v) is 4.61. The van der Waals surface area contributed by atoms with Gasteiger partial charge in [-0.15, -0.1) is 0 Å². The number of nitrogens with zero attached hydrogens (tertiary/aromatic N) is 3. The van der Waals surface area contributed by atoms with Crippen LogP contribution < -0.4 is 10.0 Å². The van der Waals surface area contributed by atoms with Gasteiger partial charge in [-0.05, 0) is 42.7 Å². The van der Waals surface area contributed by atoms with Crippen LogP contribution in [0.25, 0.3) is 10.8 Å². The Labute approximate surface area is 184 Å². The normalized spacial score (nSPS) is 17.4. The summed E-state index contributed by atoms with van der Waals surface area (Å²) in [4.78, 5) is 6.61. The molecular weight excluding hydrogens is 410 g/mol. The van der Waals surface area contributed by atoms with Crippen molar-refractivity contribution in [3.63, 3.8) is 0 Å². The molecule has 1 atom stereocenters. The molecule has 3 aromatic rings. The Hall–Kier alpha value is -2.68. The molecule has 1 aliphatic heterocycles. The predicted octanol–water partition coefficient (Wildman–Crippen LogP) is 3.45. The van der Waals surface area contributed by atoms with Crippen LogP contribution in [0.15, 0.2) is 54.9 Å². The van der Waals surface area contributed by atoms with E-state index in [2.05, 4.69) is 44.2 Å². The van der Waals surface area contributed by atoms with E-state index in [9.17, 15) is 8.42 Å². The second-order valence-corrected chi connectivity index (χ2v) is 10.2. The molecule has 1 aliphatic rings. The third-order valence-corrected chi connectivity index (χ3v) is 7.18. The van der Waals surface area contributed by atoms with Crippen LogP contribution in [0.2, 0.25) is 0 Å². The maximum absolute atomic E-state index is 12.2. The number of nitrogens with one attached hydrogen (secondary N) is 2. The van der Waals surface area contributed by atoms with Gasteiger partial charge in [-0.25, -0.2) is 0 Å². The first-order valence-corrected chi connectivity index (χ1v) is 11.9. The molecular formula is C23H29N5O2S. The van der Waals surface area contributed by atoms with Crippen LogP contribution in [0.3, 0.4) is 0 Å². The molecule has 0 aliphatic carbocycles. The Kier molecular flexibility index (Phi) is 6.13. The van der Waals surface area contributed by atoms with Crippen LogP contribution in [0.5, 0.6) is 0 Å². The van der Waals surface area contributed by atoms with Gasteiger partial charge in [-0.1, -0.05) is 24.3 Å². The molecule has 0 amide bonds. The predicted molar refractivity (Wildman–Crippen MR) is 126 cm³/mol. The van der Waals surface area contributed by atoms with E-state index in [0.717, 1.165) is 48.3 Å². The van der Waals surface area contributed by atoms with E-state index in [1.54, 1.807) is 0 Å². The van der Waals surface area contributed by atoms with Crippen molar-refractivity contribution in [2.75, 3.05) is 37.2 Å². The van der Waals surface area contributed by atoms with Crippen LogP contribution >= 0.6 is 0 Å². The van der Waals surface area contributed by atoms with Gasteiger partial charge < -0.3 is 5.32 Å². The van der Waals surface area contributed by atoms with Crippen molar-refractivity contribution in [3.8, 4) is 0 Å². The number of hydrogen-bond acceptors (Lipinski definition) is 5. The maximum Gasteiger partial charge on any atom is 0.301 e. The molecule has 1 unspecified atom stereocenters. The number of aryl methyl sites for hydroxylation is 1. The maximum atomic E-state index is 12.2. The molecule has 0 bridgehead atoms. The minimum absolute atomic E-state index is 0.371. The van der Waals surface area contributed by atoms with E-state index in [1.807, 2.05) is 37.5 Å². The van der Waals surface area contributed by atoms with Gasteiger partial charge >= 0.3 is 10.2 Å². The number of pyridine rings is 1. The van der Waals surface area contributed by atoms with Crippen LogP contribution in [-0.4, -0.2) is 55.8 Å². The van der Waals surface area contributed by atoms with E-state index in [-0.39, 0.29) is 0 Å². The second-order valence-electron chi connectivity index (χ2n) is 8.31. The lowest BCUT2D eigenvalue weighted by atomic mass is 10.1. The topological polar surface area (TPSA) is 77.6 Å². The number of likely N-dealkylation sites (tertiary alicyclic amines) is 1. The highest BCUT2D eigenvalue weighted by molar-refractivity contribution is 7.90. The van der Waals surface area contributed by atoms with Crippen molar-refractivity contribution in [2.45, 2.75) is 25.9 Å².